The Labute approximate surface area is 198 Å². The number of benzene rings is 1. The van der Waals surface area contributed by atoms with Gasteiger partial charge in [-0.3, -0.25) is 0 Å². The minimum atomic E-state index is 0.0953. The van der Waals surface area contributed by atoms with E-state index < -0.39 is 0 Å². The van der Waals surface area contributed by atoms with Crippen molar-refractivity contribution in [3.63, 3.8) is 0 Å². The fourth-order valence-electron chi connectivity index (χ4n) is 4.60. The highest BCUT2D eigenvalue weighted by Crippen LogP contribution is 2.31. The highest BCUT2D eigenvalue weighted by molar-refractivity contribution is 5.90. The zero-order valence-electron chi connectivity index (χ0n) is 19.7. The first-order valence-electron chi connectivity index (χ1n) is 11.6. The van der Waals surface area contributed by atoms with Crippen molar-refractivity contribution in [2.24, 2.45) is 0 Å². The van der Waals surface area contributed by atoms with Crippen LogP contribution in [-0.2, 0) is 9.47 Å². The van der Waals surface area contributed by atoms with Gasteiger partial charge >= 0.3 is 0 Å². The van der Waals surface area contributed by atoms with Gasteiger partial charge in [-0.15, -0.1) is 0 Å². The minimum absolute atomic E-state index is 0.0953. The van der Waals surface area contributed by atoms with Crippen molar-refractivity contribution in [1.82, 2.24) is 15.0 Å². The van der Waals surface area contributed by atoms with E-state index in [1.807, 2.05) is 18.2 Å². The molecule has 3 aromatic rings. The van der Waals surface area contributed by atoms with Crippen LogP contribution in [0.5, 0.6) is 5.75 Å². The van der Waals surface area contributed by atoms with Crippen molar-refractivity contribution in [2.75, 3.05) is 56.3 Å². The zero-order valence-corrected chi connectivity index (χ0v) is 19.7. The molecule has 2 fully saturated rings. The molecule has 5 rings (SSSR count). The van der Waals surface area contributed by atoms with E-state index in [-0.39, 0.29) is 12.2 Å². The molecule has 2 aliphatic rings. The highest BCUT2D eigenvalue weighted by atomic mass is 16.5. The van der Waals surface area contributed by atoms with Crippen molar-refractivity contribution in [3.8, 4) is 23.1 Å². The Morgan fingerprint density at radius 3 is 2.47 bits per heavy atom. The molecule has 0 bridgehead atoms. The first-order chi connectivity index (χ1) is 16.6. The van der Waals surface area contributed by atoms with Gasteiger partial charge in [-0.25, -0.2) is 4.98 Å². The summed E-state index contributed by atoms with van der Waals surface area (Å²) in [5, 5.41) is 10.4. The lowest BCUT2D eigenvalue weighted by Crippen LogP contribution is -2.46. The predicted octanol–water partition coefficient (Wildman–Crippen LogP) is 3.02. The second-order valence-corrected chi connectivity index (χ2v) is 8.70. The van der Waals surface area contributed by atoms with Crippen LogP contribution in [0.2, 0.25) is 0 Å². The third-order valence-electron chi connectivity index (χ3n) is 6.16. The molecule has 0 spiro atoms. The maximum absolute atomic E-state index is 9.49. The predicted molar refractivity (Wildman–Crippen MR) is 129 cm³/mol. The molecule has 0 N–H and O–H groups in total. The van der Waals surface area contributed by atoms with Crippen molar-refractivity contribution in [3.05, 3.63) is 35.9 Å². The topological polar surface area (TPSA) is 96.6 Å². The molecule has 2 saturated heterocycles. The summed E-state index contributed by atoms with van der Waals surface area (Å²) in [6, 6.07) is 11.7. The second-order valence-electron chi connectivity index (χ2n) is 8.70. The average molecular weight is 461 g/mol. The number of ether oxygens (including phenoxy) is 3. The number of hydrogen-bond donors (Lipinski definition) is 0. The Morgan fingerprint density at radius 2 is 1.76 bits per heavy atom. The first-order valence-corrected chi connectivity index (χ1v) is 11.6. The zero-order chi connectivity index (χ0) is 23.7. The molecule has 0 amide bonds. The summed E-state index contributed by atoms with van der Waals surface area (Å²) in [6.45, 7) is 8.46. The molecular formula is C25H28N6O3. The molecule has 2 aromatic heterocycles. The van der Waals surface area contributed by atoms with E-state index in [4.69, 9.17) is 29.2 Å². The summed E-state index contributed by atoms with van der Waals surface area (Å²) >= 11 is 0. The number of rotatable bonds is 4. The average Bonchev–Trinajstić information content (AvgIpc) is 2.87. The van der Waals surface area contributed by atoms with Gasteiger partial charge in [0.1, 0.15) is 17.6 Å². The van der Waals surface area contributed by atoms with Crippen LogP contribution >= 0.6 is 0 Å². The largest absolute Gasteiger partial charge is 0.495 e. The standard InChI is InChI=1S/C25H28N6O3/c1-16-14-31(15-17(2)34-16)25-28-23-20(24(29-25)30-8-10-33-11-9-30)5-6-21(27-23)18-4-7-22(32-3)19(12-18)13-26/h4-7,12,16-17H,8-11,14-15H2,1-3H3/t16-,17+. The van der Waals surface area contributed by atoms with Gasteiger partial charge in [-0.05, 0) is 44.2 Å². The van der Waals surface area contributed by atoms with Gasteiger partial charge in [0.15, 0.2) is 5.65 Å². The number of nitrogens with zero attached hydrogens (tertiary/aromatic N) is 6. The Balaban J connectivity index is 1.62. The molecular weight excluding hydrogens is 432 g/mol. The number of morpholine rings is 2. The van der Waals surface area contributed by atoms with Gasteiger partial charge in [-0.1, -0.05) is 0 Å². The third kappa shape index (κ3) is 4.34. The molecule has 9 nitrogen and oxygen atoms in total. The monoisotopic (exact) mass is 460 g/mol. The maximum atomic E-state index is 9.49. The van der Waals surface area contributed by atoms with E-state index in [0.717, 1.165) is 48.6 Å². The van der Waals surface area contributed by atoms with Crippen LogP contribution in [0.4, 0.5) is 11.8 Å². The molecule has 34 heavy (non-hydrogen) atoms. The van der Waals surface area contributed by atoms with E-state index in [2.05, 4.69) is 29.7 Å². The lowest BCUT2D eigenvalue weighted by atomic mass is 10.1. The summed E-state index contributed by atoms with van der Waals surface area (Å²) in [6.07, 6.45) is 0.191. The molecule has 1 aromatic carbocycles. The van der Waals surface area contributed by atoms with Crippen LogP contribution in [0.3, 0.4) is 0 Å². The number of pyridine rings is 1. The molecule has 0 radical (unpaired) electrons. The minimum Gasteiger partial charge on any atom is -0.495 e. The smallest absolute Gasteiger partial charge is 0.229 e. The highest BCUT2D eigenvalue weighted by Gasteiger charge is 2.26. The summed E-state index contributed by atoms with van der Waals surface area (Å²) in [7, 11) is 1.56. The Morgan fingerprint density at radius 1 is 1.00 bits per heavy atom. The van der Waals surface area contributed by atoms with Crippen molar-refractivity contribution < 1.29 is 14.2 Å². The molecule has 0 unspecified atom stereocenters. The molecule has 0 saturated carbocycles. The molecule has 2 aliphatic heterocycles. The Kier molecular flexibility index (Phi) is 6.18. The van der Waals surface area contributed by atoms with Crippen LogP contribution < -0.4 is 14.5 Å². The Bertz CT molecular complexity index is 1230. The van der Waals surface area contributed by atoms with Crippen LogP contribution in [0, 0.1) is 11.3 Å². The van der Waals surface area contributed by atoms with Gasteiger partial charge in [0.05, 0.1) is 49.2 Å². The second kappa shape index (κ2) is 9.41. The van der Waals surface area contributed by atoms with Crippen LogP contribution in [0.1, 0.15) is 19.4 Å². The quantitative estimate of drug-likeness (QED) is 0.582. The van der Waals surface area contributed by atoms with Crippen molar-refractivity contribution in [1.29, 1.82) is 5.26 Å². The lowest BCUT2D eigenvalue weighted by Gasteiger charge is -2.36. The van der Waals surface area contributed by atoms with Gasteiger partial charge in [0.2, 0.25) is 5.95 Å². The van der Waals surface area contributed by atoms with E-state index in [1.54, 1.807) is 19.2 Å². The molecule has 2 atom stereocenters. The van der Waals surface area contributed by atoms with Crippen molar-refractivity contribution >= 4 is 22.8 Å². The van der Waals surface area contributed by atoms with Gasteiger partial charge in [0.25, 0.3) is 0 Å². The van der Waals surface area contributed by atoms with Crippen molar-refractivity contribution in [2.45, 2.75) is 26.1 Å². The fourth-order valence-corrected chi connectivity index (χ4v) is 4.60. The summed E-state index contributed by atoms with van der Waals surface area (Å²) < 4.78 is 16.8. The van der Waals surface area contributed by atoms with E-state index in [1.165, 1.54) is 0 Å². The van der Waals surface area contributed by atoms with E-state index >= 15 is 0 Å². The number of nitriles is 1. The maximum Gasteiger partial charge on any atom is 0.229 e. The van der Waals surface area contributed by atoms with Crippen LogP contribution in [0.15, 0.2) is 30.3 Å². The summed E-state index contributed by atoms with van der Waals surface area (Å²) in [4.78, 5) is 19.2. The van der Waals surface area contributed by atoms with Gasteiger partial charge < -0.3 is 24.0 Å². The number of aromatic nitrogens is 3. The summed E-state index contributed by atoms with van der Waals surface area (Å²) in [5.74, 6) is 2.08. The normalized spacial score (nSPS) is 20.9. The van der Waals surface area contributed by atoms with Crippen LogP contribution in [-0.4, -0.2) is 73.7 Å². The van der Waals surface area contributed by atoms with E-state index in [9.17, 15) is 5.26 Å². The molecule has 4 heterocycles. The number of anilines is 2. The number of fused-ring (bicyclic) bond motifs is 1. The molecule has 9 heteroatoms. The van der Waals surface area contributed by atoms with Crippen LogP contribution in [0.25, 0.3) is 22.3 Å². The lowest BCUT2D eigenvalue weighted by molar-refractivity contribution is -0.00570. The number of hydrogen-bond acceptors (Lipinski definition) is 9. The fraction of sp³-hybridized carbons (Fsp3) is 0.440. The number of methoxy groups -OCH3 is 1. The Hall–Kier alpha value is -3.48. The first kappa shape index (κ1) is 22.3. The van der Waals surface area contributed by atoms with Gasteiger partial charge in [-0.2, -0.15) is 15.2 Å². The van der Waals surface area contributed by atoms with Gasteiger partial charge in [0, 0.05) is 31.7 Å². The van der Waals surface area contributed by atoms with E-state index in [0.29, 0.717) is 36.1 Å². The third-order valence-corrected chi connectivity index (χ3v) is 6.16. The molecule has 0 aliphatic carbocycles. The molecule has 176 valence electrons. The summed E-state index contributed by atoms with van der Waals surface area (Å²) in [5.41, 5.74) is 2.68. The SMILES string of the molecule is COc1ccc(-c2ccc3c(N4CCOCC4)nc(N4C[C@@H](C)O[C@@H](C)C4)nc3n2)cc1C#N.